The molecule has 1 amide bonds. The Kier molecular flexibility index (Phi) is 6.32. The van der Waals surface area contributed by atoms with Crippen LogP contribution in [0.5, 0.6) is 0 Å². The number of pyridine rings is 1. The van der Waals surface area contributed by atoms with E-state index in [1.807, 2.05) is 24.3 Å². The van der Waals surface area contributed by atoms with Crippen LogP contribution < -0.4 is 10.2 Å². The fourth-order valence-electron chi connectivity index (χ4n) is 2.41. The normalized spacial score (nSPS) is 11.4. The summed E-state index contributed by atoms with van der Waals surface area (Å²) in [6.45, 7) is 3.04. The molecule has 124 valence electrons. The monoisotopic (exact) mass is 322 g/mol. The van der Waals surface area contributed by atoms with E-state index in [2.05, 4.69) is 29.4 Å². The molecule has 5 nitrogen and oxygen atoms in total. The highest BCUT2D eigenvalue weighted by molar-refractivity contribution is 5.80. The lowest BCUT2D eigenvalue weighted by Gasteiger charge is -2.18. The van der Waals surface area contributed by atoms with Crippen LogP contribution in [0.2, 0.25) is 0 Å². The predicted molar refractivity (Wildman–Crippen MR) is 94.7 cm³/mol. The highest BCUT2D eigenvalue weighted by Crippen LogP contribution is 2.17. The summed E-state index contributed by atoms with van der Waals surface area (Å²) in [7, 11) is 1.81. The van der Waals surface area contributed by atoms with E-state index in [0.717, 1.165) is 6.42 Å². The summed E-state index contributed by atoms with van der Waals surface area (Å²) in [5, 5.41) is 11.7. The minimum atomic E-state index is -0.0380. The fourth-order valence-corrected chi connectivity index (χ4v) is 2.41. The minimum absolute atomic E-state index is 0.0380. The van der Waals surface area contributed by atoms with Crippen LogP contribution in [-0.4, -0.2) is 31.0 Å². The molecule has 0 spiro atoms. The number of anilines is 1. The zero-order chi connectivity index (χ0) is 17.4. The third kappa shape index (κ3) is 5.10. The molecule has 1 aromatic heterocycles. The molecular weight excluding hydrogens is 300 g/mol. The van der Waals surface area contributed by atoms with Gasteiger partial charge in [-0.3, -0.25) is 4.79 Å². The molecule has 0 radical (unpaired) electrons. The molecule has 0 aliphatic heterocycles. The number of carbonyl (C=O) groups excluding carboxylic acids is 1. The second-order valence-electron chi connectivity index (χ2n) is 5.82. The molecule has 0 saturated carbocycles. The summed E-state index contributed by atoms with van der Waals surface area (Å²) in [5.41, 5.74) is 1.79. The van der Waals surface area contributed by atoms with Gasteiger partial charge >= 0.3 is 0 Å². The quantitative estimate of drug-likeness (QED) is 0.851. The maximum absolute atomic E-state index is 12.0. The number of rotatable bonds is 7. The van der Waals surface area contributed by atoms with Crippen LogP contribution in [0.15, 0.2) is 48.7 Å². The molecule has 1 N–H and O–H groups in total. The van der Waals surface area contributed by atoms with E-state index >= 15 is 0 Å². The molecule has 0 saturated heterocycles. The highest BCUT2D eigenvalue weighted by Gasteiger charge is 2.10. The van der Waals surface area contributed by atoms with Crippen LogP contribution >= 0.6 is 0 Å². The van der Waals surface area contributed by atoms with E-state index in [4.69, 9.17) is 5.26 Å². The number of hydrogen-bond acceptors (Lipinski definition) is 4. The van der Waals surface area contributed by atoms with Crippen molar-refractivity contribution >= 4 is 11.7 Å². The van der Waals surface area contributed by atoms with E-state index in [9.17, 15) is 4.79 Å². The van der Waals surface area contributed by atoms with Crippen molar-refractivity contribution < 1.29 is 4.79 Å². The molecule has 2 rings (SSSR count). The van der Waals surface area contributed by atoms with E-state index in [-0.39, 0.29) is 12.5 Å². The number of likely N-dealkylation sites (N-methyl/N-ethyl adjacent to an activating group) is 1. The van der Waals surface area contributed by atoms with Crippen molar-refractivity contribution in [2.24, 2.45) is 0 Å². The Morgan fingerprint density at radius 3 is 2.67 bits per heavy atom. The van der Waals surface area contributed by atoms with Crippen molar-refractivity contribution in [3.8, 4) is 6.07 Å². The Hall–Kier alpha value is -2.87. The number of nitrogens with one attached hydrogen (secondary N) is 1. The van der Waals surface area contributed by atoms with Gasteiger partial charge in [-0.15, -0.1) is 0 Å². The number of carbonyl (C=O) groups is 1. The predicted octanol–water partition coefficient (Wildman–Crippen LogP) is 2.70. The summed E-state index contributed by atoms with van der Waals surface area (Å²) in [5.74, 6) is 1.04. The molecule has 1 atom stereocenters. The molecule has 1 heterocycles. The number of nitriles is 1. The second-order valence-corrected chi connectivity index (χ2v) is 5.82. The topological polar surface area (TPSA) is 69.0 Å². The SMILES string of the molecule is C[C@H](CCNC(=O)CN(C)c1ccc(C#N)cn1)c1ccccc1. The fraction of sp³-hybridized carbons (Fsp3) is 0.316. The lowest BCUT2D eigenvalue weighted by Crippen LogP contribution is -2.36. The molecule has 0 bridgehead atoms. The maximum atomic E-state index is 12.0. The summed E-state index contributed by atoms with van der Waals surface area (Å²) < 4.78 is 0. The minimum Gasteiger partial charge on any atom is -0.355 e. The van der Waals surface area contributed by atoms with Gasteiger partial charge in [0.05, 0.1) is 12.1 Å². The van der Waals surface area contributed by atoms with Gasteiger partial charge in [-0.1, -0.05) is 37.3 Å². The molecule has 5 heteroatoms. The molecule has 0 aliphatic carbocycles. The van der Waals surface area contributed by atoms with E-state index in [0.29, 0.717) is 23.8 Å². The zero-order valence-electron chi connectivity index (χ0n) is 14.1. The average molecular weight is 322 g/mol. The molecule has 2 aromatic rings. The van der Waals surface area contributed by atoms with Crippen molar-refractivity contribution in [3.63, 3.8) is 0 Å². The number of aromatic nitrogens is 1. The van der Waals surface area contributed by atoms with Gasteiger partial charge in [-0.25, -0.2) is 4.98 Å². The van der Waals surface area contributed by atoms with Crippen LogP contribution in [0.3, 0.4) is 0 Å². The van der Waals surface area contributed by atoms with Crippen LogP contribution in [0, 0.1) is 11.3 Å². The first-order valence-electron chi connectivity index (χ1n) is 7.99. The maximum Gasteiger partial charge on any atom is 0.239 e. The van der Waals surface area contributed by atoms with Crippen molar-refractivity contribution in [2.75, 3.05) is 25.0 Å². The van der Waals surface area contributed by atoms with Crippen molar-refractivity contribution in [1.82, 2.24) is 10.3 Å². The third-order valence-electron chi connectivity index (χ3n) is 3.92. The lowest BCUT2D eigenvalue weighted by atomic mass is 9.98. The standard InChI is InChI=1S/C19H22N4O/c1-15(17-6-4-3-5-7-17)10-11-21-19(24)14-23(2)18-9-8-16(12-20)13-22-18/h3-9,13,15H,10-11,14H2,1-2H3,(H,21,24)/t15-/m1/s1. The zero-order valence-corrected chi connectivity index (χ0v) is 14.1. The smallest absolute Gasteiger partial charge is 0.239 e. The second kappa shape index (κ2) is 8.68. The van der Waals surface area contributed by atoms with Crippen LogP contribution in [0.25, 0.3) is 0 Å². The number of benzene rings is 1. The van der Waals surface area contributed by atoms with Gasteiger partial charge in [0, 0.05) is 19.8 Å². The van der Waals surface area contributed by atoms with Crippen LogP contribution in [0.4, 0.5) is 5.82 Å². The van der Waals surface area contributed by atoms with Crippen LogP contribution in [-0.2, 0) is 4.79 Å². The van der Waals surface area contributed by atoms with Crippen molar-refractivity contribution in [2.45, 2.75) is 19.3 Å². The first-order chi connectivity index (χ1) is 11.6. The molecule has 1 aromatic carbocycles. The Bertz CT molecular complexity index is 692. The summed E-state index contributed by atoms with van der Waals surface area (Å²) >= 11 is 0. The number of amides is 1. The van der Waals surface area contributed by atoms with Gasteiger partial charge in [-0.2, -0.15) is 5.26 Å². The average Bonchev–Trinajstić information content (AvgIpc) is 2.62. The molecule has 0 fully saturated rings. The van der Waals surface area contributed by atoms with Gasteiger partial charge in [0.25, 0.3) is 0 Å². The largest absolute Gasteiger partial charge is 0.355 e. The lowest BCUT2D eigenvalue weighted by molar-refractivity contribution is -0.119. The first kappa shape index (κ1) is 17.5. The van der Waals surface area contributed by atoms with Gasteiger partial charge in [-0.05, 0) is 30.0 Å². The van der Waals surface area contributed by atoms with E-state index < -0.39 is 0 Å². The van der Waals surface area contributed by atoms with Crippen LogP contribution in [0.1, 0.15) is 30.4 Å². The van der Waals surface area contributed by atoms with Crippen molar-refractivity contribution in [1.29, 1.82) is 5.26 Å². The van der Waals surface area contributed by atoms with Gasteiger partial charge < -0.3 is 10.2 Å². The van der Waals surface area contributed by atoms with Gasteiger partial charge in [0.1, 0.15) is 11.9 Å². The Balaban J connectivity index is 1.75. The van der Waals surface area contributed by atoms with Gasteiger partial charge in [0.15, 0.2) is 0 Å². The summed E-state index contributed by atoms with van der Waals surface area (Å²) in [4.78, 5) is 18.0. The van der Waals surface area contributed by atoms with E-state index in [1.165, 1.54) is 11.8 Å². The van der Waals surface area contributed by atoms with E-state index in [1.54, 1.807) is 24.1 Å². The molecular formula is C19H22N4O. The first-order valence-corrected chi connectivity index (χ1v) is 7.99. The highest BCUT2D eigenvalue weighted by atomic mass is 16.2. The Morgan fingerprint density at radius 1 is 1.29 bits per heavy atom. The molecule has 0 aliphatic rings. The summed E-state index contributed by atoms with van der Waals surface area (Å²) in [6, 6.07) is 15.7. The third-order valence-corrected chi connectivity index (χ3v) is 3.92. The number of hydrogen-bond donors (Lipinski definition) is 1. The van der Waals surface area contributed by atoms with Gasteiger partial charge in [0.2, 0.25) is 5.91 Å². The number of nitrogens with zero attached hydrogens (tertiary/aromatic N) is 3. The van der Waals surface area contributed by atoms with Crippen molar-refractivity contribution in [3.05, 3.63) is 59.8 Å². The molecule has 24 heavy (non-hydrogen) atoms. The molecule has 0 unspecified atom stereocenters. The Labute approximate surface area is 142 Å². The Morgan fingerprint density at radius 2 is 2.04 bits per heavy atom. The summed E-state index contributed by atoms with van der Waals surface area (Å²) in [6.07, 6.45) is 2.40.